The third-order valence-corrected chi connectivity index (χ3v) is 4.16. The lowest BCUT2D eigenvalue weighted by Gasteiger charge is -2.32. The van der Waals surface area contributed by atoms with Gasteiger partial charge in [-0.3, -0.25) is 4.79 Å². The number of hydrogen-bond acceptors (Lipinski definition) is 4. The van der Waals surface area contributed by atoms with Gasteiger partial charge in [0.25, 0.3) is 5.91 Å². The monoisotopic (exact) mass is 278 g/mol. The summed E-state index contributed by atoms with van der Waals surface area (Å²) in [5.41, 5.74) is 5.76. The normalized spacial score (nSPS) is 21.9. The van der Waals surface area contributed by atoms with E-state index in [4.69, 9.17) is 5.73 Å². The number of amides is 1. The molecule has 0 aliphatic heterocycles. The number of nitrogens with two attached hydrogens (primary N) is 1. The topological polar surface area (TPSA) is 86.8 Å². The van der Waals surface area contributed by atoms with Crippen molar-refractivity contribution in [3.63, 3.8) is 0 Å². The van der Waals surface area contributed by atoms with Crippen LogP contribution in [0.4, 0.5) is 0 Å². The van der Waals surface area contributed by atoms with E-state index in [-0.39, 0.29) is 29.0 Å². The Hall–Kier alpha value is -1.75. The summed E-state index contributed by atoms with van der Waals surface area (Å²) in [4.78, 5) is 14.4. The average molecular weight is 278 g/mol. The molecule has 1 aromatic carbocycles. The van der Waals surface area contributed by atoms with Gasteiger partial charge < -0.3 is 20.8 Å². The van der Waals surface area contributed by atoms with Crippen molar-refractivity contribution in [1.29, 1.82) is 0 Å². The van der Waals surface area contributed by atoms with Gasteiger partial charge in [0.1, 0.15) is 17.1 Å². The fourth-order valence-corrected chi connectivity index (χ4v) is 3.12. The van der Waals surface area contributed by atoms with E-state index < -0.39 is 0 Å². The molecular formula is C15H22N2O3. The standard InChI is InChI=1S/C15H22N2O3/c1-2-17(11-6-3-5-10(11)9-16)15(20)14-12(18)7-4-8-13(14)19/h4,7-8,10-11,18-19H,2-3,5-6,9,16H2,1H3. The van der Waals surface area contributed by atoms with Crippen LogP contribution in [-0.4, -0.2) is 40.2 Å². The van der Waals surface area contributed by atoms with Crippen LogP contribution < -0.4 is 5.73 Å². The van der Waals surface area contributed by atoms with Crippen molar-refractivity contribution in [2.24, 2.45) is 11.7 Å². The Kier molecular flexibility index (Phi) is 4.49. The highest BCUT2D eigenvalue weighted by molar-refractivity contribution is 5.99. The van der Waals surface area contributed by atoms with Gasteiger partial charge in [0.15, 0.2) is 0 Å². The molecule has 2 unspecified atom stereocenters. The van der Waals surface area contributed by atoms with Crippen molar-refractivity contribution in [2.45, 2.75) is 32.2 Å². The summed E-state index contributed by atoms with van der Waals surface area (Å²) in [7, 11) is 0. The molecule has 0 bridgehead atoms. The molecule has 1 amide bonds. The lowest BCUT2D eigenvalue weighted by Crippen LogP contribution is -2.44. The molecule has 2 rings (SSSR count). The summed E-state index contributed by atoms with van der Waals surface area (Å²) in [6.07, 6.45) is 3.01. The van der Waals surface area contributed by atoms with Crippen LogP contribution in [0.3, 0.4) is 0 Å². The van der Waals surface area contributed by atoms with Crippen molar-refractivity contribution in [2.75, 3.05) is 13.1 Å². The van der Waals surface area contributed by atoms with E-state index in [1.54, 1.807) is 4.90 Å². The first kappa shape index (κ1) is 14.7. The molecule has 20 heavy (non-hydrogen) atoms. The highest BCUT2D eigenvalue weighted by atomic mass is 16.3. The SMILES string of the molecule is CCN(C(=O)c1c(O)cccc1O)C1CCCC1CN. The first-order valence-corrected chi connectivity index (χ1v) is 7.12. The van der Waals surface area contributed by atoms with E-state index in [0.717, 1.165) is 19.3 Å². The molecule has 1 fully saturated rings. The number of phenolic OH excluding ortho intramolecular Hbond substituents is 2. The molecule has 2 atom stereocenters. The fraction of sp³-hybridized carbons (Fsp3) is 0.533. The van der Waals surface area contributed by atoms with Gasteiger partial charge in [-0.15, -0.1) is 0 Å². The van der Waals surface area contributed by atoms with Gasteiger partial charge in [0.2, 0.25) is 0 Å². The molecule has 1 aromatic rings. The molecule has 0 spiro atoms. The maximum absolute atomic E-state index is 12.6. The summed E-state index contributed by atoms with van der Waals surface area (Å²) >= 11 is 0. The van der Waals surface area contributed by atoms with Crippen LogP contribution in [0.25, 0.3) is 0 Å². The molecule has 5 heteroatoms. The van der Waals surface area contributed by atoms with Crippen LogP contribution in [-0.2, 0) is 0 Å². The van der Waals surface area contributed by atoms with E-state index >= 15 is 0 Å². The summed E-state index contributed by atoms with van der Waals surface area (Å²) in [5, 5.41) is 19.7. The van der Waals surface area contributed by atoms with E-state index in [1.807, 2.05) is 6.92 Å². The first-order valence-electron chi connectivity index (χ1n) is 7.12. The third kappa shape index (κ3) is 2.58. The minimum atomic E-state index is -0.326. The van der Waals surface area contributed by atoms with E-state index in [2.05, 4.69) is 0 Å². The third-order valence-electron chi connectivity index (χ3n) is 4.16. The van der Waals surface area contributed by atoms with Crippen LogP contribution in [0.1, 0.15) is 36.5 Å². The van der Waals surface area contributed by atoms with E-state index in [9.17, 15) is 15.0 Å². The molecule has 0 saturated heterocycles. The Balaban J connectivity index is 2.30. The van der Waals surface area contributed by atoms with Crippen molar-refractivity contribution >= 4 is 5.91 Å². The molecule has 0 aromatic heterocycles. The Bertz CT molecular complexity index is 470. The number of carbonyl (C=O) groups excluding carboxylic acids is 1. The van der Waals surface area contributed by atoms with Crippen LogP contribution in [0, 0.1) is 5.92 Å². The Morgan fingerprint density at radius 3 is 2.55 bits per heavy atom. The Morgan fingerprint density at radius 2 is 2.00 bits per heavy atom. The summed E-state index contributed by atoms with van der Waals surface area (Å²) in [5.74, 6) is -0.396. The lowest BCUT2D eigenvalue weighted by atomic mass is 10.0. The fourth-order valence-electron chi connectivity index (χ4n) is 3.12. The van der Waals surface area contributed by atoms with Crippen LogP contribution in [0.5, 0.6) is 11.5 Å². The van der Waals surface area contributed by atoms with Crippen LogP contribution in [0.2, 0.25) is 0 Å². The number of nitrogens with zero attached hydrogens (tertiary/aromatic N) is 1. The van der Waals surface area contributed by atoms with Crippen molar-refractivity contribution in [3.8, 4) is 11.5 Å². The predicted molar refractivity (Wildman–Crippen MR) is 76.7 cm³/mol. The number of rotatable bonds is 4. The molecule has 1 aliphatic rings. The smallest absolute Gasteiger partial charge is 0.261 e. The summed E-state index contributed by atoms with van der Waals surface area (Å²) < 4.78 is 0. The predicted octanol–water partition coefficient (Wildman–Crippen LogP) is 1.69. The second kappa shape index (κ2) is 6.13. The van der Waals surface area contributed by atoms with E-state index in [1.165, 1.54) is 18.2 Å². The maximum atomic E-state index is 12.6. The van der Waals surface area contributed by atoms with Gasteiger partial charge in [-0.05, 0) is 44.4 Å². The second-order valence-corrected chi connectivity index (χ2v) is 5.26. The zero-order valence-electron chi connectivity index (χ0n) is 11.7. The van der Waals surface area contributed by atoms with Gasteiger partial charge in [0.05, 0.1) is 0 Å². The molecular weight excluding hydrogens is 256 g/mol. The molecule has 0 heterocycles. The number of aromatic hydroxyl groups is 2. The largest absolute Gasteiger partial charge is 0.507 e. The molecule has 1 aliphatic carbocycles. The number of carbonyl (C=O) groups is 1. The van der Waals surface area contributed by atoms with Crippen molar-refractivity contribution < 1.29 is 15.0 Å². The number of hydrogen-bond donors (Lipinski definition) is 3. The molecule has 5 nitrogen and oxygen atoms in total. The average Bonchev–Trinajstić information content (AvgIpc) is 2.87. The van der Waals surface area contributed by atoms with Gasteiger partial charge in [-0.25, -0.2) is 0 Å². The Labute approximate surface area is 119 Å². The van der Waals surface area contributed by atoms with Gasteiger partial charge in [-0.2, -0.15) is 0 Å². The summed E-state index contributed by atoms with van der Waals surface area (Å²) in [6.45, 7) is 3.00. The molecule has 1 saturated carbocycles. The minimum absolute atomic E-state index is 0.0166. The molecule has 110 valence electrons. The second-order valence-electron chi connectivity index (χ2n) is 5.26. The lowest BCUT2D eigenvalue weighted by molar-refractivity contribution is 0.0646. The zero-order valence-corrected chi connectivity index (χ0v) is 11.7. The van der Waals surface area contributed by atoms with Gasteiger partial charge in [-0.1, -0.05) is 12.5 Å². The quantitative estimate of drug-likeness (QED) is 0.782. The van der Waals surface area contributed by atoms with Crippen molar-refractivity contribution in [3.05, 3.63) is 23.8 Å². The highest BCUT2D eigenvalue weighted by Crippen LogP contribution is 2.33. The summed E-state index contributed by atoms with van der Waals surface area (Å²) in [6, 6.07) is 4.43. The maximum Gasteiger partial charge on any atom is 0.261 e. The van der Waals surface area contributed by atoms with Gasteiger partial charge in [0, 0.05) is 12.6 Å². The van der Waals surface area contributed by atoms with Crippen LogP contribution >= 0.6 is 0 Å². The Morgan fingerprint density at radius 1 is 1.35 bits per heavy atom. The van der Waals surface area contributed by atoms with Crippen molar-refractivity contribution in [1.82, 2.24) is 4.90 Å². The highest BCUT2D eigenvalue weighted by Gasteiger charge is 2.34. The van der Waals surface area contributed by atoms with Crippen LogP contribution in [0.15, 0.2) is 18.2 Å². The number of phenols is 2. The molecule has 4 N–H and O–H groups in total. The van der Waals surface area contributed by atoms with E-state index in [0.29, 0.717) is 19.0 Å². The zero-order chi connectivity index (χ0) is 14.7. The molecule has 0 radical (unpaired) electrons. The first-order chi connectivity index (χ1) is 9.60. The minimum Gasteiger partial charge on any atom is -0.507 e. The number of benzene rings is 1. The van der Waals surface area contributed by atoms with Gasteiger partial charge >= 0.3 is 0 Å².